The maximum absolute atomic E-state index is 8.60. The Bertz CT molecular complexity index is 216. The molecule has 0 heterocycles. The van der Waals surface area contributed by atoms with Gasteiger partial charge in [0, 0.05) is 11.0 Å². The number of oxime groups is 1. The van der Waals surface area contributed by atoms with Crippen LogP contribution in [-0.2, 0) is 0 Å². The van der Waals surface area contributed by atoms with Crippen molar-refractivity contribution in [2.24, 2.45) is 16.3 Å². The van der Waals surface area contributed by atoms with E-state index in [0.29, 0.717) is 5.84 Å². The van der Waals surface area contributed by atoms with Gasteiger partial charge in [0.2, 0.25) is 0 Å². The molecule has 0 atom stereocenters. The molecule has 0 spiro atoms. The fourth-order valence-electron chi connectivity index (χ4n) is 1.26. The molecule has 0 bridgehead atoms. The van der Waals surface area contributed by atoms with Crippen LogP contribution in [0.4, 0.5) is 0 Å². The lowest BCUT2D eigenvalue weighted by molar-refractivity contribution is 0.303. The molecule has 0 aliphatic rings. The van der Waals surface area contributed by atoms with Crippen molar-refractivity contribution in [1.29, 1.82) is 0 Å². The smallest absolute Gasteiger partial charge is 0.144 e. The van der Waals surface area contributed by atoms with Crippen LogP contribution >= 0.6 is 0 Å². The molecule has 0 aromatic rings. The first-order valence-electron chi connectivity index (χ1n) is 5.42. The van der Waals surface area contributed by atoms with Gasteiger partial charge in [-0.15, -0.1) is 0 Å². The van der Waals surface area contributed by atoms with E-state index in [1.165, 1.54) is 0 Å². The van der Waals surface area contributed by atoms with Crippen LogP contribution < -0.4 is 11.1 Å². The zero-order chi connectivity index (χ0) is 12.1. The van der Waals surface area contributed by atoms with Gasteiger partial charge < -0.3 is 16.3 Å². The monoisotopic (exact) mass is 215 g/mol. The highest BCUT2D eigenvalue weighted by molar-refractivity contribution is 5.85. The third kappa shape index (κ3) is 6.33. The third-order valence-electron chi connectivity index (χ3n) is 2.44. The second kappa shape index (κ2) is 5.35. The Morgan fingerprint density at radius 3 is 2.20 bits per heavy atom. The summed E-state index contributed by atoms with van der Waals surface area (Å²) in [6.07, 6.45) is 1.92. The van der Waals surface area contributed by atoms with Gasteiger partial charge in [-0.1, -0.05) is 19.0 Å². The minimum Gasteiger partial charge on any atom is -0.409 e. The molecule has 4 N–H and O–H groups in total. The molecule has 0 aliphatic heterocycles. The molecule has 0 saturated heterocycles. The quantitative estimate of drug-likeness (QED) is 0.216. The average Bonchev–Trinajstić information content (AvgIpc) is 2.09. The summed E-state index contributed by atoms with van der Waals surface area (Å²) < 4.78 is 0. The van der Waals surface area contributed by atoms with Crippen LogP contribution in [0, 0.1) is 5.41 Å². The molecular formula is C11H25N3O. The molecule has 0 unspecified atom stereocenters. The predicted molar refractivity (Wildman–Crippen MR) is 64.2 cm³/mol. The van der Waals surface area contributed by atoms with Crippen LogP contribution in [0.5, 0.6) is 0 Å². The molecule has 0 fully saturated rings. The van der Waals surface area contributed by atoms with E-state index in [1.807, 2.05) is 13.8 Å². The number of nitrogens with one attached hydrogen (secondary N) is 1. The molecule has 0 aromatic carbocycles. The van der Waals surface area contributed by atoms with E-state index in [2.05, 4.69) is 31.2 Å². The highest BCUT2D eigenvalue weighted by Gasteiger charge is 2.23. The molecule has 4 heteroatoms. The lowest BCUT2D eigenvalue weighted by Crippen LogP contribution is -2.38. The van der Waals surface area contributed by atoms with E-state index in [9.17, 15) is 0 Å². The highest BCUT2D eigenvalue weighted by Crippen LogP contribution is 2.22. The van der Waals surface area contributed by atoms with Crippen LogP contribution in [0.3, 0.4) is 0 Å². The predicted octanol–water partition coefficient (Wildman–Crippen LogP) is 1.93. The highest BCUT2D eigenvalue weighted by atomic mass is 16.4. The van der Waals surface area contributed by atoms with Gasteiger partial charge in [0.15, 0.2) is 0 Å². The Morgan fingerprint density at radius 2 is 1.80 bits per heavy atom. The summed E-state index contributed by atoms with van der Waals surface area (Å²) in [4.78, 5) is 0. The molecule has 15 heavy (non-hydrogen) atoms. The Labute approximate surface area is 92.9 Å². The molecular weight excluding hydrogens is 190 g/mol. The van der Waals surface area contributed by atoms with Crippen LogP contribution in [-0.4, -0.2) is 23.1 Å². The van der Waals surface area contributed by atoms with Crippen LogP contribution in [0.25, 0.3) is 0 Å². The Balaban J connectivity index is 3.87. The lowest BCUT2D eigenvalue weighted by atomic mass is 9.86. The SMILES string of the molecule is CC(C)(C)NCCCC(C)(C)C(N)=NO. The van der Waals surface area contributed by atoms with Crippen LogP contribution in [0.1, 0.15) is 47.5 Å². The van der Waals surface area contributed by atoms with E-state index in [1.54, 1.807) is 0 Å². The zero-order valence-electron chi connectivity index (χ0n) is 10.6. The summed E-state index contributed by atoms with van der Waals surface area (Å²) in [7, 11) is 0. The largest absolute Gasteiger partial charge is 0.409 e. The summed E-state index contributed by atoms with van der Waals surface area (Å²) in [5.74, 6) is 0.304. The summed E-state index contributed by atoms with van der Waals surface area (Å²) in [5.41, 5.74) is 5.52. The maximum Gasteiger partial charge on any atom is 0.144 e. The lowest BCUT2D eigenvalue weighted by Gasteiger charge is -2.25. The second-order valence-corrected chi connectivity index (χ2v) is 5.65. The number of rotatable bonds is 5. The van der Waals surface area contributed by atoms with Crippen molar-refractivity contribution in [3.63, 3.8) is 0 Å². The van der Waals surface area contributed by atoms with Gasteiger partial charge in [-0.2, -0.15) is 0 Å². The van der Waals surface area contributed by atoms with Gasteiger partial charge in [-0.25, -0.2) is 0 Å². The average molecular weight is 215 g/mol. The first kappa shape index (κ1) is 14.2. The first-order chi connectivity index (χ1) is 6.69. The maximum atomic E-state index is 8.60. The van der Waals surface area contributed by atoms with Crippen molar-refractivity contribution in [3.05, 3.63) is 0 Å². The van der Waals surface area contributed by atoms with Gasteiger partial charge in [0.25, 0.3) is 0 Å². The number of hydrogen-bond acceptors (Lipinski definition) is 3. The van der Waals surface area contributed by atoms with Crippen LogP contribution in [0.15, 0.2) is 5.16 Å². The molecule has 4 nitrogen and oxygen atoms in total. The fourth-order valence-corrected chi connectivity index (χ4v) is 1.26. The van der Waals surface area contributed by atoms with Gasteiger partial charge >= 0.3 is 0 Å². The van der Waals surface area contributed by atoms with E-state index < -0.39 is 0 Å². The Hall–Kier alpha value is -0.770. The topological polar surface area (TPSA) is 70.6 Å². The standard InChI is InChI=1S/C11H25N3O/c1-10(2,3)13-8-6-7-11(4,5)9(12)14-15/h13,15H,6-8H2,1-5H3,(H2,12,14). The van der Waals surface area contributed by atoms with Crippen LogP contribution in [0.2, 0.25) is 0 Å². The minimum atomic E-state index is -0.228. The van der Waals surface area contributed by atoms with E-state index in [4.69, 9.17) is 10.9 Å². The summed E-state index contributed by atoms with van der Waals surface area (Å²) in [6, 6.07) is 0. The normalized spacial score (nSPS) is 14.3. The molecule has 0 radical (unpaired) electrons. The molecule has 0 amide bonds. The Kier molecular flexibility index (Phi) is 5.08. The molecule has 0 saturated carbocycles. The second-order valence-electron chi connectivity index (χ2n) is 5.65. The fraction of sp³-hybridized carbons (Fsp3) is 0.909. The number of nitrogens with two attached hydrogens (primary N) is 1. The number of hydrogen-bond donors (Lipinski definition) is 3. The zero-order valence-corrected chi connectivity index (χ0v) is 10.6. The molecule has 0 rings (SSSR count). The van der Waals surface area contributed by atoms with Crippen molar-refractivity contribution in [1.82, 2.24) is 5.32 Å². The molecule has 0 aromatic heterocycles. The van der Waals surface area contributed by atoms with Gasteiger partial charge in [0.05, 0.1) is 0 Å². The van der Waals surface area contributed by atoms with Crippen molar-refractivity contribution >= 4 is 5.84 Å². The summed E-state index contributed by atoms with van der Waals surface area (Å²) >= 11 is 0. The van der Waals surface area contributed by atoms with Crippen molar-refractivity contribution in [2.45, 2.75) is 53.0 Å². The van der Waals surface area contributed by atoms with E-state index >= 15 is 0 Å². The van der Waals surface area contributed by atoms with Gasteiger partial charge in [-0.3, -0.25) is 0 Å². The summed E-state index contributed by atoms with van der Waals surface area (Å²) in [6.45, 7) is 11.3. The molecule has 90 valence electrons. The minimum absolute atomic E-state index is 0.154. The number of nitrogens with zero attached hydrogens (tertiary/aromatic N) is 1. The van der Waals surface area contributed by atoms with Crippen molar-refractivity contribution in [3.8, 4) is 0 Å². The van der Waals surface area contributed by atoms with Gasteiger partial charge in [-0.05, 0) is 40.2 Å². The van der Waals surface area contributed by atoms with Gasteiger partial charge in [0.1, 0.15) is 5.84 Å². The Morgan fingerprint density at radius 1 is 1.27 bits per heavy atom. The first-order valence-corrected chi connectivity index (χ1v) is 5.42. The summed E-state index contributed by atoms with van der Waals surface area (Å²) in [5, 5.41) is 15.1. The van der Waals surface area contributed by atoms with Crippen molar-refractivity contribution < 1.29 is 5.21 Å². The van der Waals surface area contributed by atoms with E-state index in [-0.39, 0.29) is 11.0 Å². The number of amidine groups is 1. The van der Waals surface area contributed by atoms with E-state index in [0.717, 1.165) is 19.4 Å². The van der Waals surface area contributed by atoms with Crippen molar-refractivity contribution in [2.75, 3.05) is 6.54 Å². The third-order valence-corrected chi connectivity index (χ3v) is 2.44. The molecule has 0 aliphatic carbocycles.